The molecule has 0 aliphatic rings. The largest absolute Gasteiger partial charge is 0.609 e. The maximum Gasteiger partial charge on any atom is 0.433 e. The second-order valence-corrected chi connectivity index (χ2v) is 5.03. The molecule has 20 heavy (non-hydrogen) atoms. The topological polar surface area (TPSA) is 70.8 Å². The molecule has 0 fully saturated rings. The van der Waals surface area contributed by atoms with Gasteiger partial charge in [-0.2, -0.15) is 23.1 Å². The van der Waals surface area contributed by atoms with Crippen LogP contribution in [0.3, 0.4) is 0 Å². The van der Waals surface area contributed by atoms with E-state index in [-0.39, 0.29) is 5.82 Å². The van der Waals surface area contributed by atoms with Gasteiger partial charge in [-0.1, -0.05) is 6.07 Å². The zero-order valence-electron chi connectivity index (χ0n) is 10.1. The first-order valence-corrected chi connectivity index (χ1v) is 6.82. The predicted octanol–water partition coefficient (Wildman–Crippen LogP) is 1.38. The van der Waals surface area contributed by atoms with Crippen LogP contribution >= 0.6 is 0 Å². The van der Waals surface area contributed by atoms with Crippen LogP contribution in [0, 0.1) is 0 Å². The van der Waals surface area contributed by atoms with Crippen LogP contribution < -0.4 is 5.56 Å². The van der Waals surface area contributed by atoms with Crippen LogP contribution in [0.5, 0.6) is 0 Å². The van der Waals surface area contributed by atoms with Gasteiger partial charge in [0.2, 0.25) is 0 Å². The molecule has 2 aromatic heterocycles. The average Bonchev–Trinajstić information content (AvgIpc) is 2.37. The monoisotopic (exact) mass is 303 g/mol. The van der Waals surface area contributed by atoms with Crippen LogP contribution in [0.25, 0.3) is 5.82 Å². The Morgan fingerprint density at radius 3 is 2.55 bits per heavy atom. The van der Waals surface area contributed by atoms with Gasteiger partial charge in [-0.15, -0.1) is 0 Å². The van der Waals surface area contributed by atoms with Crippen molar-refractivity contribution >= 4 is 11.2 Å². The molecule has 106 valence electrons. The van der Waals surface area contributed by atoms with E-state index in [0.717, 1.165) is 10.8 Å². The van der Waals surface area contributed by atoms with E-state index in [1.807, 2.05) is 0 Å². The maximum atomic E-state index is 12.8. The fraction of sp³-hybridized carbons (Fsp3) is 0.182. The van der Waals surface area contributed by atoms with Crippen molar-refractivity contribution in [1.82, 2.24) is 14.5 Å². The van der Waals surface area contributed by atoms with Crippen LogP contribution in [0.2, 0.25) is 0 Å². The van der Waals surface area contributed by atoms with Crippen molar-refractivity contribution in [2.75, 3.05) is 6.26 Å². The molecule has 1 unspecified atom stereocenters. The number of aromatic nitrogens is 3. The lowest BCUT2D eigenvalue weighted by Crippen LogP contribution is -2.21. The first kappa shape index (κ1) is 14.5. The second kappa shape index (κ2) is 5.25. The Hall–Kier alpha value is -1.87. The fourth-order valence-corrected chi connectivity index (χ4v) is 1.88. The molecular formula is C11H8F3N3O2S. The Morgan fingerprint density at radius 2 is 2.00 bits per heavy atom. The minimum Gasteiger partial charge on any atom is -0.609 e. The van der Waals surface area contributed by atoms with Gasteiger partial charge in [0, 0.05) is 29.5 Å². The smallest absolute Gasteiger partial charge is 0.433 e. The molecule has 0 aliphatic heterocycles. The molecule has 0 N–H and O–H groups in total. The molecule has 2 heterocycles. The van der Waals surface area contributed by atoms with Gasteiger partial charge in [0.25, 0.3) is 5.56 Å². The van der Waals surface area contributed by atoms with Gasteiger partial charge < -0.3 is 4.55 Å². The number of hydrogen-bond acceptors (Lipinski definition) is 4. The lowest BCUT2D eigenvalue weighted by atomic mass is 10.3. The molecule has 0 spiro atoms. The Morgan fingerprint density at radius 1 is 1.30 bits per heavy atom. The molecule has 2 aromatic rings. The molecule has 5 nitrogen and oxygen atoms in total. The zero-order valence-corrected chi connectivity index (χ0v) is 10.9. The van der Waals surface area contributed by atoms with Gasteiger partial charge in [-0.25, -0.2) is 0 Å². The fourth-order valence-electron chi connectivity index (χ4n) is 1.43. The quantitative estimate of drug-likeness (QED) is 0.621. The molecule has 0 aliphatic carbocycles. The summed E-state index contributed by atoms with van der Waals surface area (Å²) in [6.07, 6.45) is -2.29. The third-order valence-corrected chi connectivity index (χ3v) is 3.01. The standard InChI is InChI=1S/C11H8F3N3O2S/c1-20(19)10-15-7(11(12,13)14)6-8(16-10)17-5-3-2-4-9(17)18/h2-6H,1H3. The van der Waals surface area contributed by atoms with E-state index in [0.29, 0.717) is 6.07 Å². The number of nitrogens with zero attached hydrogens (tertiary/aromatic N) is 3. The summed E-state index contributed by atoms with van der Waals surface area (Å²) in [6, 6.07) is 4.73. The van der Waals surface area contributed by atoms with Crippen LogP contribution in [0.15, 0.2) is 40.4 Å². The van der Waals surface area contributed by atoms with Crippen molar-refractivity contribution in [3.63, 3.8) is 0 Å². The van der Waals surface area contributed by atoms with E-state index in [2.05, 4.69) is 9.97 Å². The van der Waals surface area contributed by atoms with Crippen LogP contribution in [0.1, 0.15) is 5.69 Å². The van der Waals surface area contributed by atoms with Gasteiger partial charge in [-0.05, 0) is 6.07 Å². The minimum atomic E-state index is -4.72. The first-order chi connectivity index (χ1) is 9.29. The van der Waals surface area contributed by atoms with E-state index in [9.17, 15) is 22.5 Å². The van der Waals surface area contributed by atoms with Crippen molar-refractivity contribution in [2.24, 2.45) is 0 Å². The second-order valence-electron chi connectivity index (χ2n) is 3.75. The lowest BCUT2D eigenvalue weighted by molar-refractivity contribution is -0.141. The molecule has 0 saturated heterocycles. The van der Waals surface area contributed by atoms with Crippen LogP contribution in [-0.2, 0) is 17.4 Å². The average molecular weight is 303 g/mol. The summed E-state index contributed by atoms with van der Waals surface area (Å²) in [5.74, 6) is -0.275. The van der Waals surface area contributed by atoms with Gasteiger partial charge in [0.15, 0.2) is 5.69 Å². The van der Waals surface area contributed by atoms with Crippen molar-refractivity contribution < 1.29 is 17.7 Å². The number of hydrogen-bond donors (Lipinski definition) is 0. The normalized spacial score (nSPS) is 13.2. The highest BCUT2D eigenvalue weighted by Gasteiger charge is 2.35. The summed E-state index contributed by atoms with van der Waals surface area (Å²) in [5, 5.41) is -0.481. The molecule has 0 amide bonds. The summed E-state index contributed by atoms with van der Waals surface area (Å²) in [5.41, 5.74) is -1.80. The predicted molar refractivity (Wildman–Crippen MR) is 65.0 cm³/mol. The molecule has 2 rings (SSSR count). The molecule has 9 heteroatoms. The SMILES string of the molecule is C[S+]([O-])c1nc(-n2ccccc2=O)cc(C(F)(F)F)n1. The zero-order chi connectivity index (χ0) is 14.9. The van der Waals surface area contributed by atoms with E-state index in [1.165, 1.54) is 24.4 Å². The maximum absolute atomic E-state index is 12.8. The van der Waals surface area contributed by atoms with E-state index in [1.54, 1.807) is 0 Å². The Bertz CT molecular complexity index is 685. The van der Waals surface area contributed by atoms with Crippen molar-refractivity contribution in [3.05, 3.63) is 46.5 Å². The highest BCUT2D eigenvalue weighted by molar-refractivity contribution is 7.90. The third-order valence-electron chi connectivity index (χ3n) is 2.31. The summed E-state index contributed by atoms with van der Waals surface area (Å²) in [4.78, 5) is 18.5. The van der Waals surface area contributed by atoms with E-state index < -0.39 is 33.8 Å². The highest BCUT2D eigenvalue weighted by atomic mass is 32.2. The summed E-state index contributed by atoms with van der Waals surface area (Å²) in [6.45, 7) is 0. The lowest BCUT2D eigenvalue weighted by Gasteiger charge is -2.11. The van der Waals surface area contributed by atoms with Crippen molar-refractivity contribution in [3.8, 4) is 5.82 Å². The van der Waals surface area contributed by atoms with Gasteiger partial charge in [-0.3, -0.25) is 9.36 Å². The van der Waals surface area contributed by atoms with Crippen molar-refractivity contribution in [1.29, 1.82) is 0 Å². The van der Waals surface area contributed by atoms with Crippen LogP contribution in [-0.4, -0.2) is 25.3 Å². The summed E-state index contributed by atoms with van der Waals surface area (Å²) >= 11 is -1.80. The minimum absolute atomic E-state index is 0.275. The molecule has 0 radical (unpaired) electrons. The number of pyridine rings is 1. The Labute approximate surface area is 114 Å². The summed E-state index contributed by atoms with van der Waals surface area (Å²) in [7, 11) is 0. The molecular weight excluding hydrogens is 295 g/mol. The highest BCUT2D eigenvalue weighted by Crippen LogP contribution is 2.28. The Balaban J connectivity index is 2.68. The number of rotatable bonds is 2. The molecule has 1 atom stereocenters. The number of alkyl halides is 3. The van der Waals surface area contributed by atoms with Gasteiger partial charge in [0.1, 0.15) is 12.1 Å². The van der Waals surface area contributed by atoms with Gasteiger partial charge in [0.05, 0.1) is 0 Å². The van der Waals surface area contributed by atoms with Crippen molar-refractivity contribution in [2.45, 2.75) is 11.3 Å². The summed E-state index contributed by atoms with van der Waals surface area (Å²) < 4.78 is 50.5. The van der Waals surface area contributed by atoms with Crippen LogP contribution in [0.4, 0.5) is 13.2 Å². The van der Waals surface area contributed by atoms with Gasteiger partial charge >= 0.3 is 11.3 Å². The Kier molecular flexibility index (Phi) is 3.82. The third kappa shape index (κ3) is 2.99. The van der Waals surface area contributed by atoms with E-state index >= 15 is 0 Å². The van der Waals surface area contributed by atoms with E-state index in [4.69, 9.17) is 0 Å². The molecule has 0 aromatic carbocycles. The molecule has 0 bridgehead atoms. The first-order valence-electron chi connectivity index (χ1n) is 5.27. The molecule has 0 saturated carbocycles. The number of halogens is 3.